The molecule has 0 aromatic heterocycles. The molecule has 1 atom stereocenters. The van der Waals surface area contributed by atoms with Gasteiger partial charge >= 0.3 is 0 Å². The summed E-state index contributed by atoms with van der Waals surface area (Å²) in [6.07, 6.45) is 11.6. The normalized spacial score (nSPS) is 29.3. The van der Waals surface area contributed by atoms with Crippen LogP contribution in [0, 0.1) is 5.41 Å². The second-order valence-electron chi connectivity index (χ2n) is 6.59. The highest BCUT2D eigenvalue weighted by atomic mass is 32.2. The molecule has 2 aliphatic rings. The Balaban J connectivity index is 1.94. The molecule has 1 heterocycles. The van der Waals surface area contributed by atoms with Crippen molar-refractivity contribution in [3.8, 4) is 0 Å². The fraction of sp³-hybridized carbons (Fsp3) is 0.938. The largest absolute Gasteiger partial charge is 0.354 e. The monoisotopic (exact) mass is 298 g/mol. The van der Waals surface area contributed by atoms with Crippen molar-refractivity contribution in [3.63, 3.8) is 0 Å². The van der Waals surface area contributed by atoms with Crippen molar-refractivity contribution in [2.24, 2.45) is 5.41 Å². The lowest BCUT2D eigenvalue weighted by molar-refractivity contribution is -0.132. The Morgan fingerprint density at radius 2 is 2.00 bits per heavy atom. The third-order valence-corrected chi connectivity index (χ3v) is 6.62. The van der Waals surface area contributed by atoms with Crippen molar-refractivity contribution in [2.45, 2.75) is 63.0 Å². The summed E-state index contributed by atoms with van der Waals surface area (Å²) in [6.45, 7) is 4.97. The third kappa shape index (κ3) is 3.51. The summed E-state index contributed by atoms with van der Waals surface area (Å²) in [5.74, 6) is 0.298. The highest BCUT2D eigenvalue weighted by Gasteiger charge is 2.40. The molecule has 1 unspecified atom stereocenters. The number of hydrogen-bond acceptors (Lipinski definition) is 3. The molecule has 0 radical (unpaired) electrons. The molecule has 1 amide bonds. The van der Waals surface area contributed by atoms with Crippen molar-refractivity contribution in [1.82, 2.24) is 10.6 Å². The molecule has 1 saturated heterocycles. The van der Waals surface area contributed by atoms with Crippen molar-refractivity contribution < 1.29 is 4.79 Å². The van der Waals surface area contributed by atoms with E-state index in [1.807, 2.05) is 11.8 Å². The van der Waals surface area contributed by atoms with Gasteiger partial charge in [0.25, 0.3) is 0 Å². The van der Waals surface area contributed by atoms with Crippen LogP contribution in [0.3, 0.4) is 0 Å². The maximum atomic E-state index is 12.8. The van der Waals surface area contributed by atoms with Gasteiger partial charge in [0, 0.05) is 17.8 Å². The molecule has 1 aliphatic heterocycles. The van der Waals surface area contributed by atoms with E-state index in [4.69, 9.17) is 0 Å². The Labute approximate surface area is 128 Å². The Bertz CT molecular complexity index is 315. The lowest BCUT2D eigenvalue weighted by atomic mass is 9.76. The van der Waals surface area contributed by atoms with E-state index in [9.17, 15) is 4.79 Å². The molecule has 0 aromatic carbocycles. The number of nitrogens with one attached hydrogen (secondary N) is 2. The molecule has 116 valence electrons. The number of amides is 1. The van der Waals surface area contributed by atoms with E-state index in [1.54, 1.807) is 0 Å². The van der Waals surface area contributed by atoms with Crippen LogP contribution in [-0.4, -0.2) is 36.5 Å². The summed E-state index contributed by atoms with van der Waals surface area (Å²) in [4.78, 5) is 12.8. The lowest BCUT2D eigenvalue weighted by Gasteiger charge is -2.37. The van der Waals surface area contributed by atoms with Crippen LogP contribution in [0.15, 0.2) is 0 Å². The molecular formula is C16H30N2OS. The predicted molar refractivity (Wildman–Crippen MR) is 87.2 cm³/mol. The Morgan fingerprint density at radius 1 is 1.25 bits per heavy atom. The Hall–Kier alpha value is -0.220. The van der Waals surface area contributed by atoms with Crippen LogP contribution in [0.4, 0.5) is 0 Å². The third-order valence-electron chi connectivity index (χ3n) is 5.20. The first-order valence-electron chi connectivity index (χ1n) is 8.21. The molecule has 0 bridgehead atoms. The lowest BCUT2D eigenvalue weighted by Crippen LogP contribution is -2.52. The number of piperidine rings is 1. The van der Waals surface area contributed by atoms with Crippen LogP contribution in [0.5, 0.6) is 0 Å². The maximum absolute atomic E-state index is 12.8. The van der Waals surface area contributed by atoms with Gasteiger partial charge in [-0.15, -0.1) is 0 Å². The number of rotatable bonds is 6. The molecule has 4 heteroatoms. The van der Waals surface area contributed by atoms with Gasteiger partial charge in [-0.2, -0.15) is 11.8 Å². The van der Waals surface area contributed by atoms with Crippen LogP contribution >= 0.6 is 11.8 Å². The van der Waals surface area contributed by atoms with E-state index in [1.165, 1.54) is 25.7 Å². The summed E-state index contributed by atoms with van der Waals surface area (Å²) in [5, 5.41) is 6.74. The highest BCUT2D eigenvalue weighted by Crippen LogP contribution is 2.40. The standard InChI is InChI=1S/C16H30N2OS/c1-3-7-15(8-6-11-17-12-15)14(19)18-13-16(20-2)9-4-5-10-16/h17H,3-13H2,1-2H3,(H,18,19). The van der Waals surface area contributed by atoms with Crippen molar-refractivity contribution in [1.29, 1.82) is 0 Å². The van der Waals surface area contributed by atoms with Crippen molar-refractivity contribution >= 4 is 17.7 Å². The fourth-order valence-electron chi connectivity index (χ4n) is 3.87. The van der Waals surface area contributed by atoms with Crippen LogP contribution in [0.1, 0.15) is 58.3 Å². The molecule has 1 saturated carbocycles. The minimum absolute atomic E-state index is 0.148. The zero-order valence-corrected chi connectivity index (χ0v) is 13.9. The average molecular weight is 298 g/mol. The second kappa shape index (κ2) is 7.17. The first-order valence-corrected chi connectivity index (χ1v) is 9.43. The van der Waals surface area contributed by atoms with E-state index >= 15 is 0 Å². The number of thioether (sulfide) groups is 1. The van der Waals surface area contributed by atoms with Gasteiger partial charge in [0.2, 0.25) is 5.91 Å². The second-order valence-corrected chi connectivity index (χ2v) is 7.86. The van der Waals surface area contributed by atoms with Crippen molar-refractivity contribution in [2.75, 3.05) is 25.9 Å². The summed E-state index contributed by atoms with van der Waals surface area (Å²) in [7, 11) is 0. The van der Waals surface area contributed by atoms with Crippen LogP contribution < -0.4 is 10.6 Å². The van der Waals surface area contributed by atoms with Gasteiger partial charge in [0.15, 0.2) is 0 Å². The SMILES string of the molecule is CCCC1(C(=O)NCC2(SC)CCCC2)CCCNC1. The molecular weight excluding hydrogens is 268 g/mol. The zero-order chi connectivity index (χ0) is 14.5. The number of carbonyl (C=O) groups excluding carboxylic acids is 1. The summed E-state index contributed by atoms with van der Waals surface area (Å²) < 4.78 is 0.311. The molecule has 0 aromatic rings. The van der Waals surface area contributed by atoms with Gasteiger partial charge in [-0.1, -0.05) is 26.2 Å². The molecule has 2 rings (SSSR count). The smallest absolute Gasteiger partial charge is 0.227 e. The molecule has 2 fully saturated rings. The van der Waals surface area contributed by atoms with E-state index in [0.717, 1.165) is 45.3 Å². The summed E-state index contributed by atoms with van der Waals surface area (Å²) >= 11 is 1.95. The molecule has 0 spiro atoms. The van der Waals surface area contributed by atoms with Gasteiger partial charge in [0.05, 0.1) is 5.41 Å². The van der Waals surface area contributed by atoms with E-state index in [0.29, 0.717) is 10.7 Å². The number of carbonyl (C=O) groups is 1. The Morgan fingerprint density at radius 3 is 2.55 bits per heavy atom. The summed E-state index contributed by atoms with van der Waals surface area (Å²) in [6, 6.07) is 0. The van der Waals surface area contributed by atoms with Crippen molar-refractivity contribution in [3.05, 3.63) is 0 Å². The van der Waals surface area contributed by atoms with Gasteiger partial charge in [-0.25, -0.2) is 0 Å². The minimum atomic E-state index is -0.148. The Kier molecular flexibility index (Phi) is 5.79. The maximum Gasteiger partial charge on any atom is 0.227 e. The predicted octanol–water partition coefficient (Wildman–Crippen LogP) is 2.95. The number of hydrogen-bond donors (Lipinski definition) is 2. The highest BCUT2D eigenvalue weighted by molar-refractivity contribution is 8.00. The topological polar surface area (TPSA) is 41.1 Å². The molecule has 1 aliphatic carbocycles. The fourth-order valence-corrected chi connectivity index (χ4v) is 4.78. The van der Waals surface area contributed by atoms with Crippen LogP contribution in [0.25, 0.3) is 0 Å². The van der Waals surface area contributed by atoms with Crippen LogP contribution in [-0.2, 0) is 4.79 Å². The van der Waals surface area contributed by atoms with Gasteiger partial charge < -0.3 is 10.6 Å². The van der Waals surface area contributed by atoms with E-state index in [2.05, 4.69) is 23.8 Å². The van der Waals surface area contributed by atoms with E-state index < -0.39 is 0 Å². The zero-order valence-electron chi connectivity index (χ0n) is 13.1. The minimum Gasteiger partial charge on any atom is -0.354 e. The summed E-state index contributed by atoms with van der Waals surface area (Å²) in [5.41, 5.74) is -0.148. The molecule has 3 nitrogen and oxygen atoms in total. The van der Waals surface area contributed by atoms with Gasteiger partial charge in [-0.05, 0) is 44.9 Å². The molecule has 2 N–H and O–H groups in total. The average Bonchev–Trinajstić information content (AvgIpc) is 2.95. The van der Waals surface area contributed by atoms with Crippen LogP contribution in [0.2, 0.25) is 0 Å². The quantitative estimate of drug-likeness (QED) is 0.792. The first-order chi connectivity index (χ1) is 9.66. The van der Waals surface area contributed by atoms with Gasteiger partial charge in [0.1, 0.15) is 0 Å². The van der Waals surface area contributed by atoms with Gasteiger partial charge in [-0.3, -0.25) is 4.79 Å². The van der Waals surface area contributed by atoms with E-state index in [-0.39, 0.29) is 5.41 Å². The molecule has 20 heavy (non-hydrogen) atoms. The first kappa shape index (κ1) is 16.2.